The molecule has 1 amide bonds. The minimum absolute atomic E-state index is 0.0622. The lowest BCUT2D eigenvalue weighted by molar-refractivity contribution is -0.127. The standard InChI is InChI=1S/C21H26N2O4S/c1-27-17-3-2-15(19(25)26)7-16(17)22-20(28)23-18(24)11-21-8-12-4-13(9-21)6-14(5-12)10-21/h2-3,7,12-14H,4-6,8-11H2,1H3,(H,25,26)(H2,22,23,24,28). The summed E-state index contributed by atoms with van der Waals surface area (Å²) in [6, 6.07) is 4.46. The Morgan fingerprint density at radius 2 is 1.79 bits per heavy atom. The molecule has 4 fully saturated rings. The third kappa shape index (κ3) is 3.85. The van der Waals surface area contributed by atoms with Crippen LogP contribution in [-0.4, -0.2) is 29.2 Å². The third-order valence-electron chi connectivity index (χ3n) is 6.65. The summed E-state index contributed by atoms with van der Waals surface area (Å²) >= 11 is 5.29. The van der Waals surface area contributed by atoms with Crippen LogP contribution in [0.25, 0.3) is 0 Å². The van der Waals surface area contributed by atoms with Gasteiger partial charge in [0.25, 0.3) is 0 Å². The van der Waals surface area contributed by atoms with E-state index in [1.54, 1.807) is 6.07 Å². The number of anilines is 1. The van der Waals surface area contributed by atoms with Gasteiger partial charge in [0, 0.05) is 6.42 Å². The second-order valence-corrected chi connectivity index (χ2v) is 9.23. The van der Waals surface area contributed by atoms with Crippen LogP contribution in [0.3, 0.4) is 0 Å². The highest BCUT2D eigenvalue weighted by molar-refractivity contribution is 7.80. The van der Waals surface area contributed by atoms with Crippen molar-refractivity contribution >= 4 is 34.9 Å². The fourth-order valence-electron chi connectivity index (χ4n) is 6.11. The number of methoxy groups -OCH3 is 1. The van der Waals surface area contributed by atoms with Gasteiger partial charge in [0.1, 0.15) is 5.75 Å². The number of carbonyl (C=O) groups is 2. The van der Waals surface area contributed by atoms with Gasteiger partial charge in [-0.05, 0) is 92.1 Å². The number of benzene rings is 1. The van der Waals surface area contributed by atoms with E-state index in [2.05, 4.69) is 10.6 Å². The molecule has 4 saturated carbocycles. The minimum atomic E-state index is -1.04. The number of hydrogen-bond donors (Lipinski definition) is 3. The largest absolute Gasteiger partial charge is 0.495 e. The molecule has 1 aromatic rings. The summed E-state index contributed by atoms with van der Waals surface area (Å²) in [6.07, 6.45) is 8.07. The fourth-order valence-corrected chi connectivity index (χ4v) is 6.33. The Labute approximate surface area is 170 Å². The van der Waals surface area contributed by atoms with Crippen LogP contribution in [-0.2, 0) is 4.79 Å². The molecule has 4 aliphatic rings. The van der Waals surface area contributed by atoms with E-state index in [-0.39, 0.29) is 22.0 Å². The van der Waals surface area contributed by atoms with E-state index in [1.165, 1.54) is 57.8 Å². The molecule has 3 N–H and O–H groups in total. The predicted molar refractivity (Wildman–Crippen MR) is 110 cm³/mol. The van der Waals surface area contributed by atoms with Crippen molar-refractivity contribution in [3.8, 4) is 5.75 Å². The summed E-state index contributed by atoms with van der Waals surface area (Å²) in [5.41, 5.74) is 0.684. The van der Waals surface area contributed by atoms with E-state index < -0.39 is 5.97 Å². The van der Waals surface area contributed by atoms with Crippen LogP contribution in [0.5, 0.6) is 5.75 Å². The van der Waals surface area contributed by atoms with Crippen molar-refractivity contribution in [2.24, 2.45) is 23.2 Å². The van der Waals surface area contributed by atoms with Gasteiger partial charge < -0.3 is 20.5 Å². The second-order valence-electron chi connectivity index (χ2n) is 8.82. The molecule has 28 heavy (non-hydrogen) atoms. The molecule has 4 bridgehead atoms. The highest BCUT2D eigenvalue weighted by Gasteiger charge is 2.51. The Hall–Kier alpha value is -2.15. The first kappa shape index (κ1) is 19.2. The number of thiocarbonyl (C=S) groups is 1. The normalized spacial score (nSPS) is 30.0. The van der Waals surface area contributed by atoms with Crippen molar-refractivity contribution in [2.45, 2.75) is 44.9 Å². The molecule has 0 atom stereocenters. The maximum atomic E-state index is 12.7. The van der Waals surface area contributed by atoms with E-state index in [0.717, 1.165) is 17.8 Å². The molecule has 1 aromatic carbocycles. The van der Waals surface area contributed by atoms with Crippen LogP contribution >= 0.6 is 12.2 Å². The first-order chi connectivity index (χ1) is 13.4. The molecule has 0 heterocycles. The van der Waals surface area contributed by atoms with Crippen molar-refractivity contribution < 1.29 is 19.4 Å². The van der Waals surface area contributed by atoms with Gasteiger partial charge in [-0.3, -0.25) is 4.79 Å². The number of carbonyl (C=O) groups excluding carboxylic acids is 1. The quantitative estimate of drug-likeness (QED) is 0.649. The number of carboxylic acid groups (broad SMARTS) is 1. The summed E-state index contributed by atoms with van der Waals surface area (Å²) in [7, 11) is 1.50. The van der Waals surface area contributed by atoms with Crippen LogP contribution in [0.2, 0.25) is 0 Å². The van der Waals surface area contributed by atoms with Gasteiger partial charge in [-0.15, -0.1) is 0 Å². The van der Waals surface area contributed by atoms with Gasteiger partial charge in [0.2, 0.25) is 5.91 Å². The van der Waals surface area contributed by atoms with E-state index in [9.17, 15) is 14.7 Å². The zero-order chi connectivity index (χ0) is 19.9. The van der Waals surface area contributed by atoms with E-state index in [0.29, 0.717) is 17.9 Å². The maximum absolute atomic E-state index is 12.7. The van der Waals surface area contributed by atoms with Crippen molar-refractivity contribution in [3.63, 3.8) is 0 Å². The van der Waals surface area contributed by atoms with Gasteiger partial charge in [-0.2, -0.15) is 0 Å². The van der Waals surface area contributed by atoms with Crippen LogP contribution in [0, 0.1) is 23.2 Å². The lowest BCUT2D eigenvalue weighted by Crippen LogP contribution is -2.48. The fraction of sp³-hybridized carbons (Fsp3) is 0.571. The van der Waals surface area contributed by atoms with Gasteiger partial charge >= 0.3 is 5.97 Å². The van der Waals surface area contributed by atoms with Gasteiger partial charge in [0.05, 0.1) is 18.4 Å². The minimum Gasteiger partial charge on any atom is -0.495 e. The molecular formula is C21H26N2O4S. The summed E-state index contributed by atoms with van der Waals surface area (Å²) in [6.45, 7) is 0. The lowest BCUT2D eigenvalue weighted by atomic mass is 9.49. The van der Waals surface area contributed by atoms with E-state index in [1.807, 2.05) is 0 Å². The molecule has 0 saturated heterocycles. The highest BCUT2D eigenvalue weighted by Crippen LogP contribution is 2.61. The number of rotatable bonds is 5. The van der Waals surface area contributed by atoms with Crippen molar-refractivity contribution in [3.05, 3.63) is 23.8 Å². The molecule has 150 valence electrons. The molecule has 7 heteroatoms. The summed E-state index contributed by atoms with van der Waals surface area (Å²) < 4.78 is 5.25. The Morgan fingerprint density at radius 3 is 2.32 bits per heavy atom. The number of ether oxygens (including phenoxy) is 1. The molecule has 5 rings (SSSR count). The Kier molecular flexibility index (Phi) is 5.04. The lowest BCUT2D eigenvalue weighted by Gasteiger charge is -2.56. The smallest absolute Gasteiger partial charge is 0.335 e. The van der Waals surface area contributed by atoms with E-state index >= 15 is 0 Å². The van der Waals surface area contributed by atoms with Crippen molar-refractivity contribution in [2.75, 3.05) is 12.4 Å². The summed E-state index contributed by atoms with van der Waals surface area (Å²) in [5, 5.41) is 15.0. The number of carboxylic acids is 1. The molecule has 0 aromatic heterocycles. The van der Waals surface area contributed by atoms with Crippen molar-refractivity contribution in [1.82, 2.24) is 5.32 Å². The molecule has 4 aliphatic carbocycles. The summed E-state index contributed by atoms with van der Waals surface area (Å²) in [5.74, 6) is 1.75. The highest BCUT2D eigenvalue weighted by atomic mass is 32.1. The van der Waals surface area contributed by atoms with Gasteiger partial charge in [0.15, 0.2) is 5.11 Å². The number of hydrogen-bond acceptors (Lipinski definition) is 4. The predicted octanol–water partition coefficient (Wildman–Crippen LogP) is 3.81. The second kappa shape index (κ2) is 7.35. The van der Waals surface area contributed by atoms with Crippen molar-refractivity contribution in [1.29, 1.82) is 0 Å². The van der Waals surface area contributed by atoms with Crippen LogP contribution in [0.4, 0.5) is 5.69 Å². The van der Waals surface area contributed by atoms with Crippen LogP contribution in [0.1, 0.15) is 55.3 Å². The van der Waals surface area contributed by atoms with Crippen LogP contribution in [0.15, 0.2) is 18.2 Å². The van der Waals surface area contributed by atoms with Gasteiger partial charge in [-0.1, -0.05) is 0 Å². The van der Waals surface area contributed by atoms with Crippen LogP contribution < -0.4 is 15.4 Å². The molecule has 0 aliphatic heterocycles. The Balaban J connectivity index is 1.38. The summed E-state index contributed by atoms with van der Waals surface area (Å²) in [4.78, 5) is 23.9. The molecular weight excluding hydrogens is 376 g/mol. The molecule has 0 spiro atoms. The monoisotopic (exact) mass is 402 g/mol. The number of aromatic carboxylic acids is 1. The topological polar surface area (TPSA) is 87.7 Å². The maximum Gasteiger partial charge on any atom is 0.335 e. The number of amides is 1. The number of nitrogens with one attached hydrogen (secondary N) is 2. The zero-order valence-electron chi connectivity index (χ0n) is 16.0. The SMILES string of the molecule is COc1ccc(C(=O)O)cc1NC(=S)NC(=O)CC12CC3CC(CC(C3)C1)C2. The third-order valence-corrected chi connectivity index (χ3v) is 6.85. The first-order valence-corrected chi connectivity index (χ1v) is 10.3. The Bertz CT molecular complexity index is 787. The first-order valence-electron chi connectivity index (χ1n) is 9.88. The molecule has 6 nitrogen and oxygen atoms in total. The average Bonchev–Trinajstić information content (AvgIpc) is 2.59. The van der Waals surface area contributed by atoms with Gasteiger partial charge in [-0.25, -0.2) is 4.79 Å². The molecule has 0 radical (unpaired) electrons. The average molecular weight is 403 g/mol. The zero-order valence-corrected chi connectivity index (χ0v) is 16.8. The van der Waals surface area contributed by atoms with E-state index in [4.69, 9.17) is 17.0 Å². The molecule has 0 unspecified atom stereocenters. The Morgan fingerprint density at radius 1 is 1.18 bits per heavy atom.